The monoisotopic (exact) mass is 216 g/mol. The summed E-state index contributed by atoms with van der Waals surface area (Å²) in [6.45, 7) is 4.18. The Hall–Kier alpha value is -0.220. The first-order valence-electron chi connectivity index (χ1n) is 5.38. The third-order valence-electron chi connectivity index (χ3n) is 2.46. The Bertz CT molecular complexity index is 170. The Kier molecular flexibility index (Phi) is 6.03. The van der Waals surface area contributed by atoms with Gasteiger partial charge in [0.25, 0.3) is 0 Å². The molecule has 0 aliphatic carbocycles. The quantitative estimate of drug-likeness (QED) is 0.716. The standard InChI is InChI=1S/C10H20N2OS/c1-2-11-8-10(13)12-7-9-3-5-14-6-4-9/h9,11H,2-8H2,1H3,(H,12,13). The number of carbonyl (C=O) groups is 1. The first-order valence-corrected chi connectivity index (χ1v) is 6.53. The number of nitrogens with one attached hydrogen (secondary N) is 2. The van der Waals surface area contributed by atoms with E-state index >= 15 is 0 Å². The molecule has 1 amide bonds. The van der Waals surface area contributed by atoms with Gasteiger partial charge in [0, 0.05) is 6.54 Å². The summed E-state index contributed by atoms with van der Waals surface area (Å²) in [6, 6.07) is 0. The van der Waals surface area contributed by atoms with E-state index in [1.54, 1.807) is 0 Å². The highest BCUT2D eigenvalue weighted by atomic mass is 32.2. The van der Waals surface area contributed by atoms with Gasteiger partial charge >= 0.3 is 0 Å². The zero-order valence-corrected chi connectivity index (χ0v) is 9.66. The van der Waals surface area contributed by atoms with Gasteiger partial charge in [-0.05, 0) is 36.8 Å². The van der Waals surface area contributed by atoms with Gasteiger partial charge in [0.1, 0.15) is 0 Å². The zero-order valence-electron chi connectivity index (χ0n) is 8.84. The summed E-state index contributed by atoms with van der Waals surface area (Å²) < 4.78 is 0. The number of hydrogen-bond acceptors (Lipinski definition) is 3. The zero-order chi connectivity index (χ0) is 10.2. The summed E-state index contributed by atoms with van der Waals surface area (Å²) in [5, 5.41) is 6.00. The second-order valence-electron chi connectivity index (χ2n) is 3.64. The normalized spacial score (nSPS) is 18.1. The van der Waals surface area contributed by atoms with Gasteiger partial charge in [-0.25, -0.2) is 0 Å². The highest BCUT2D eigenvalue weighted by Gasteiger charge is 2.13. The van der Waals surface area contributed by atoms with Crippen molar-refractivity contribution >= 4 is 17.7 Å². The molecule has 2 N–H and O–H groups in total. The number of thioether (sulfide) groups is 1. The Labute approximate surface area is 90.4 Å². The molecule has 0 spiro atoms. The van der Waals surface area contributed by atoms with Crippen LogP contribution in [0, 0.1) is 5.92 Å². The first-order chi connectivity index (χ1) is 6.83. The molecule has 1 saturated heterocycles. The number of carbonyl (C=O) groups excluding carboxylic acids is 1. The molecule has 3 nitrogen and oxygen atoms in total. The molecule has 1 fully saturated rings. The third kappa shape index (κ3) is 4.86. The predicted molar refractivity (Wildman–Crippen MR) is 61.6 cm³/mol. The van der Waals surface area contributed by atoms with Crippen molar-refractivity contribution in [3.63, 3.8) is 0 Å². The molecule has 0 bridgehead atoms. The SMILES string of the molecule is CCNCC(=O)NCC1CCSCC1. The van der Waals surface area contributed by atoms with Crippen LogP contribution in [0.25, 0.3) is 0 Å². The summed E-state index contributed by atoms with van der Waals surface area (Å²) in [7, 11) is 0. The number of rotatable bonds is 5. The van der Waals surface area contributed by atoms with Gasteiger partial charge in [-0.2, -0.15) is 11.8 Å². The highest BCUT2D eigenvalue weighted by molar-refractivity contribution is 7.99. The van der Waals surface area contributed by atoms with Gasteiger partial charge in [0.05, 0.1) is 6.54 Å². The van der Waals surface area contributed by atoms with Crippen LogP contribution in [0.1, 0.15) is 19.8 Å². The Morgan fingerprint density at radius 2 is 2.14 bits per heavy atom. The van der Waals surface area contributed by atoms with Crippen molar-refractivity contribution in [3.05, 3.63) is 0 Å². The molecule has 0 saturated carbocycles. The van der Waals surface area contributed by atoms with Crippen LogP contribution in [0.4, 0.5) is 0 Å². The summed E-state index contributed by atoms with van der Waals surface area (Å²) in [6.07, 6.45) is 2.51. The first kappa shape index (κ1) is 11.9. The highest BCUT2D eigenvalue weighted by Crippen LogP contribution is 2.21. The van der Waals surface area contributed by atoms with E-state index in [0.29, 0.717) is 12.5 Å². The fraction of sp³-hybridized carbons (Fsp3) is 0.900. The van der Waals surface area contributed by atoms with Crippen LogP contribution in [0.15, 0.2) is 0 Å². The van der Waals surface area contributed by atoms with E-state index in [4.69, 9.17) is 0 Å². The van der Waals surface area contributed by atoms with Crippen LogP contribution in [0.3, 0.4) is 0 Å². The van der Waals surface area contributed by atoms with Crippen molar-refractivity contribution in [3.8, 4) is 0 Å². The van der Waals surface area contributed by atoms with E-state index in [1.807, 2.05) is 18.7 Å². The molecular weight excluding hydrogens is 196 g/mol. The molecule has 1 rings (SSSR count). The van der Waals surface area contributed by atoms with Gasteiger partial charge in [0.15, 0.2) is 0 Å². The lowest BCUT2D eigenvalue weighted by atomic mass is 10.0. The average molecular weight is 216 g/mol. The van der Waals surface area contributed by atoms with Gasteiger partial charge < -0.3 is 10.6 Å². The maximum atomic E-state index is 11.3. The number of amides is 1. The van der Waals surface area contributed by atoms with Crippen molar-refractivity contribution in [1.82, 2.24) is 10.6 Å². The fourth-order valence-electron chi connectivity index (χ4n) is 1.51. The lowest BCUT2D eigenvalue weighted by Crippen LogP contribution is -2.37. The minimum Gasteiger partial charge on any atom is -0.355 e. The summed E-state index contributed by atoms with van der Waals surface area (Å²) in [5.41, 5.74) is 0. The van der Waals surface area contributed by atoms with E-state index < -0.39 is 0 Å². The topological polar surface area (TPSA) is 41.1 Å². The Morgan fingerprint density at radius 1 is 1.43 bits per heavy atom. The van der Waals surface area contributed by atoms with E-state index in [0.717, 1.165) is 13.1 Å². The van der Waals surface area contributed by atoms with E-state index in [-0.39, 0.29) is 5.91 Å². The van der Waals surface area contributed by atoms with Crippen LogP contribution in [-0.2, 0) is 4.79 Å². The predicted octanol–water partition coefficient (Wildman–Crippen LogP) is 0.855. The second-order valence-corrected chi connectivity index (χ2v) is 4.86. The fourth-order valence-corrected chi connectivity index (χ4v) is 2.71. The molecule has 0 aromatic carbocycles. The van der Waals surface area contributed by atoms with Crippen LogP contribution in [-0.4, -0.2) is 37.0 Å². The smallest absolute Gasteiger partial charge is 0.233 e. The van der Waals surface area contributed by atoms with E-state index in [2.05, 4.69) is 10.6 Å². The molecule has 1 aliphatic rings. The summed E-state index contributed by atoms with van der Waals surface area (Å²) in [4.78, 5) is 11.3. The van der Waals surface area contributed by atoms with Crippen molar-refractivity contribution in [2.45, 2.75) is 19.8 Å². The molecule has 0 aromatic heterocycles. The summed E-state index contributed by atoms with van der Waals surface area (Å²) in [5.74, 6) is 3.36. The van der Waals surface area contributed by atoms with Crippen LogP contribution < -0.4 is 10.6 Å². The van der Waals surface area contributed by atoms with Gasteiger partial charge in [0.2, 0.25) is 5.91 Å². The molecule has 0 radical (unpaired) electrons. The summed E-state index contributed by atoms with van der Waals surface area (Å²) >= 11 is 2.02. The minimum absolute atomic E-state index is 0.130. The van der Waals surface area contributed by atoms with E-state index in [9.17, 15) is 4.79 Å². The largest absolute Gasteiger partial charge is 0.355 e. The van der Waals surface area contributed by atoms with Crippen molar-refractivity contribution in [1.29, 1.82) is 0 Å². The molecular formula is C10H20N2OS. The maximum Gasteiger partial charge on any atom is 0.233 e. The van der Waals surface area contributed by atoms with E-state index in [1.165, 1.54) is 24.3 Å². The van der Waals surface area contributed by atoms with Crippen LogP contribution in [0.2, 0.25) is 0 Å². The van der Waals surface area contributed by atoms with Gasteiger partial charge in [-0.1, -0.05) is 6.92 Å². The maximum absolute atomic E-state index is 11.3. The lowest BCUT2D eigenvalue weighted by molar-refractivity contribution is -0.120. The van der Waals surface area contributed by atoms with Gasteiger partial charge in [-0.3, -0.25) is 4.79 Å². The van der Waals surface area contributed by atoms with Crippen LogP contribution >= 0.6 is 11.8 Å². The van der Waals surface area contributed by atoms with Gasteiger partial charge in [-0.15, -0.1) is 0 Å². The molecule has 0 unspecified atom stereocenters. The molecule has 82 valence electrons. The molecule has 4 heteroatoms. The lowest BCUT2D eigenvalue weighted by Gasteiger charge is -2.21. The minimum atomic E-state index is 0.130. The second kappa shape index (κ2) is 7.12. The number of likely N-dealkylation sites (N-methyl/N-ethyl adjacent to an activating group) is 1. The number of hydrogen-bond donors (Lipinski definition) is 2. The molecule has 14 heavy (non-hydrogen) atoms. The van der Waals surface area contributed by atoms with Crippen molar-refractivity contribution < 1.29 is 4.79 Å². The molecule has 0 aromatic rings. The third-order valence-corrected chi connectivity index (χ3v) is 3.51. The molecule has 1 heterocycles. The average Bonchev–Trinajstić information content (AvgIpc) is 2.25. The van der Waals surface area contributed by atoms with Crippen LogP contribution in [0.5, 0.6) is 0 Å². The molecule has 1 aliphatic heterocycles. The molecule has 0 atom stereocenters. The van der Waals surface area contributed by atoms with Crippen molar-refractivity contribution in [2.75, 3.05) is 31.1 Å². The van der Waals surface area contributed by atoms with Crippen molar-refractivity contribution in [2.24, 2.45) is 5.92 Å². The Morgan fingerprint density at radius 3 is 2.79 bits per heavy atom. The Balaban J connectivity index is 2.03.